The highest BCUT2D eigenvalue weighted by Crippen LogP contribution is 2.34. The van der Waals surface area contributed by atoms with Crippen molar-refractivity contribution in [1.29, 1.82) is 0 Å². The van der Waals surface area contributed by atoms with E-state index >= 15 is 0 Å². The molecule has 2 unspecified atom stereocenters. The standard InChI is InChI=1S/C36H44N4O6.H2O/c41-35-27-6-1-7-28(24-27)36(42)38-13-17-40-15-5-19-44-21-23-45-22-20-43-18-4-14-39(16-12-37-35)25-29-8-2-10-31-32-11-3-9-30(26-40)34(32)46-33(29)31;/h1-3,6-11,24H,4-5,12-23,25-26H2,(H,37,41)(H,38,42);1H2. The molecule has 4 aromatic rings. The molecule has 6 bridgehead atoms. The van der Waals surface area contributed by atoms with Gasteiger partial charge in [-0.25, -0.2) is 0 Å². The van der Waals surface area contributed by atoms with Crippen molar-refractivity contribution in [2.75, 3.05) is 78.9 Å². The number of benzene rings is 3. The minimum atomic E-state index is -0.200. The Bertz CT molecular complexity index is 1510. The van der Waals surface area contributed by atoms with E-state index in [-0.39, 0.29) is 17.3 Å². The molecule has 3 heterocycles. The van der Waals surface area contributed by atoms with Crippen LogP contribution in [0.1, 0.15) is 44.7 Å². The molecule has 2 amide bonds. The lowest BCUT2D eigenvalue weighted by atomic mass is 10.1. The fourth-order valence-corrected chi connectivity index (χ4v) is 6.19. The number of ether oxygens (including phenoxy) is 3. The number of furan rings is 1. The van der Waals surface area contributed by atoms with Crippen LogP contribution in [0.4, 0.5) is 0 Å². The summed E-state index contributed by atoms with van der Waals surface area (Å²) in [5.74, 6) is -0.400. The molecule has 2 aliphatic heterocycles. The minimum Gasteiger partial charge on any atom is -0.455 e. The summed E-state index contributed by atoms with van der Waals surface area (Å²) in [7, 11) is 0. The van der Waals surface area contributed by atoms with Gasteiger partial charge in [0.15, 0.2) is 0 Å². The van der Waals surface area contributed by atoms with E-state index in [4.69, 9.17) is 18.6 Å². The first-order valence-corrected chi connectivity index (χ1v) is 16.4. The van der Waals surface area contributed by atoms with Crippen molar-refractivity contribution >= 4 is 33.8 Å². The third-order valence-electron chi connectivity index (χ3n) is 8.56. The maximum absolute atomic E-state index is 13.1. The van der Waals surface area contributed by atoms with Crippen molar-refractivity contribution < 1.29 is 33.7 Å². The Morgan fingerprint density at radius 2 is 1.00 bits per heavy atom. The first kappa shape index (κ1) is 34.5. The average molecular weight is 647 g/mol. The van der Waals surface area contributed by atoms with E-state index in [2.05, 4.69) is 56.8 Å². The second-order valence-electron chi connectivity index (χ2n) is 11.9. The number of carbonyl (C=O) groups excluding carboxylic acids is 2. The Balaban J connectivity index is 0.00000433. The molecular formula is C36H46N4O7. The van der Waals surface area contributed by atoms with Crippen molar-refractivity contribution in [2.45, 2.75) is 25.9 Å². The maximum atomic E-state index is 13.1. The highest BCUT2D eigenvalue weighted by molar-refractivity contribution is 6.06. The number of carbonyl (C=O) groups is 2. The molecule has 1 aromatic heterocycles. The second kappa shape index (κ2) is 17.4. The van der Waals surface area contributed by atoms with Crippen molar-refractivity contribution in [1.82, 2.24) is 20.4 Å². The predicted octanol–water partition coefficient (Wildman–Crippen LogP) is 3.38. The maximum Gasteiger partial charge on any atom is 0.251 e. The third-order valence-corrected chi connectivity index (χ3v) is 8.56. The van der Waals surface area contributed by atoms with Gasteiger partial charge in [-0.2, -0.15) is 0 Å². The van der Waals surface area contributed by atoms with Crippen LogP contribution >= 0.6 is 0 Å². The monoisotopic (exact) mass is 646 g/mol. The summed E-state index contributed by atoms with van der Waals surface area (Å²) < 4.78 is 24.1. The number of hydrogen-bond acceptors (Lipinski definition) is 8. The van der Waals surface area contributed by atoms with Gasteiger partial charge >= 0.3 is 0 Å². The van der Waals surface area contributed by atoms with Gasteiger partial charge in [0, 0.05) is 98.6 Å². The molecule has 0 fully saturated rings. The van der Waals surface area contributed by atoms with Gasteiger partial charge in [-0.05, 0) is 31.0 Å². The highest BCUT2D eigenvalue weighted by Gasteiger charge is 2.19. The van der Waals surface area contributed by atoms with E-state index < -0.39 is 0 Å². The van der Waals surface area contributed by atoms with Crippen LogP contribution < -0.4 is 10.6 Å². The third kappa shape index (κ3) is 9.16. The number of fused-ring (bicyclic) bond motifs is 5. The van der Waals surface area contributed by atoms with Gasteiger partial charge in [0.05, 0.1) is 26.4 Å². The summed E-state index contributed by atoms with van der Waals surface area (Å²) in [6, 6.07) is 19.6. The summed E-state index contributed by atoms with van der Waals surface area (Å²) in [6.45, 7) is 8.53. The van der Waals surface area contributed by atoms with Crippen LogP contribution in [0.2, 0.25) is 0 Å². The lowest BCUT2D eigenvalue weighted by Crippen LogP contribution is -2.36. The zero-order valence-electron chi connectivity index (χ0n) is 26.9. The number of para-hydroxylation sites is 2. The second-order valence-corrected chi connectivity index (χ2v) is 11.9. The molecule has 4 N–H and O–H groups in total. The summed E-state index contributed by atoms with van der Waals surface area (Å²) in [5, 5.41) is 8.31. The fraction of sp³-hybridized carbons (Fsp3) is 0.444. The summed E-state index contributed by atoms with van der Waals surface area (Å²) in [6.07, 6.45) is 1.68. The van der Waals surface area contributed by atoms with Crippen LogP contribution in [0.3, 0.4) is 0 Å². The SMILES string of the molecule is O.O=C1NCCN2CCCOCCOCCOCCCN(CCNC(=O)c3cccc1c3)Cc1cccc3c1oc1c(cccc13)C2. The first-order chi connectivity index (χ1) is 22.7. The molecule has 11 heteroatoms. The molecule has 6 rings (SSSR count). The number of nitrogens with one attached hydrogen (secondary N) is 2. The van der Waals surface area contributed by atoms with Crippen LogP contribution in [0.25, 0.3) is 21.9 Å². The van der Waals surface area contributed by atoms with Crippen LogP contribution in [0, 0.1) is 0 Å². The van der Waals surface area contributed by atoms with Gasteiger partial charge < -0.3 is 34.7 Å². The quantitative estimate of drug-likeness (QED) is 0.297. The highest BCUT2D eigenvalue weighted by atomic mass is 16.5. The van der Waals surface area contributed by atoms with E-state index in [1.807, 2.05) is 0 Å². The van der Waals surface area contributed by atoms with E-state index in [0.29, 0.717) is 90.0 Å². The summed E-state index contributed by atoms with van der Waals surface area (Å²) >= 11 is 0. The molecule has 0 aliphatic carbocycles. The Morgan fingerprint density at radius 1 is 0.553 bits per heavy atom. The lowest BCUT2D eigenvalue weighted by Gasteiger charge is -2.23. The van der Waals surface area contributed by atoms with Gasteiger partial charge in [0.25, 0.3) is 11.8 Å². The van der Waals surface area contributed by atoms with E-state index in [0.717, 1.165) is 59.0 Å². The number of nitrogens with zero attached hydrogens (tertiary/aromatic N) is 2. The number of amides is 2. The van der Waals surface area contributed by atoms with E-state index in [9.17, 15) is 9.59 Å². The van der Waals surface area contributed by atoms with Gasteiger partial charge in [-0.1, -0.05) is 42.5 Å². The van der Waals surface area contributed by atoms with Crippen molar-refractivity contribution in [3.05, 3.63) is 82.9 Å². The molecule has 0 radical (unpaired) electrons. The smallest absolute Gasteiger partial charge is 0.251 e. The van der Waals surface area contributed by atoms with Crippen molar-refractivity contribution in [3.63, 3.8) is 0 Å². The lowest BCUT2D eigenvalue weighted by molar-refractivity contribution is 0.0115. The Hall–Kier alpha value is -3.84. The molecule has 3 aromatic carbocycles. The first-order valence-electron chi connectivity index (χ1n) is 16.4. The Morgan fingerprint density at radius 3 is 1.49 bits per heavy atom. The molecule has 0 saturated carbocycles. The van der Waals surface area contributed by atoms with Crippen LogP contribution in [0.15, 0.2) is 65.1 Å². The van der Waals surface area contributed by atoms with E-state index in [1.165, 1.54) is 0 Å². The van der Waals surface area contributed by atoms with Crippen LogP contribution in [0.5, 0.6) is 0 Å². The van der Waals surface area contributed by atoms with Crippen molar-refractivity contribution in [3.8, 4) is 0 Å². The molecule has 2 aliphatic rings. The van der Waals surface area contributed by atoms with Crippen LogP contribution in [-0.4, -0.2) is 106 Å². The molecule has 11 nitrogen and oxygen atoms in total. The van der Waals surface area contributed by atoms with Gasteiger partial charge in [0.1, 0.15) is 11.2 Å². The minimum absolute atomic E-state index is 0. The zero-order valence-corrected chi connectivity index (χ0v) is 26.9. The Kier molecular flexibility index (Phi) is 12.7. The van der Waals surface area contributed by atoms with Crippen molar-refractivity contribution in [2.24, 2.45) is 0 Å². The van der Waals surface area contributed by atoms with Gasteiger partial charge in [-0.15, -0.1) is 0 Å². The van der Waals surface area contributed by atoms with E-state index in [1.54, 1.807) is 24.3 Å². The molecular weight excluding hydrogens is 600 g/mol. The predicted molar refractivity (Wildman–Crippen MR) is 181 cm³/mol. The normalized spacial score (nSPS) is 21.5. The molecule has 47 heavy (non-hydrogen) atoms. The summed E-state index contributed by atoms with van der Waals surface area (Å²) in [4.78, 5) is 30.9. The fourth-order valence-electron chi connectivity index (χ4n) is 6.19. The molecule has 0 saturated heterocycles. The largest absolute Gasteiger partial charge is 0.455 e. The Labute approximate surface area is 275 Å². The molecule has 252 valence electrons. The average Bonchev–Trinajstić information content (AvgIpc) is 3.46. The van der Waals surface area contributed by atoms with Crippen LogP contribution in [-0.2, 0) is 27.3 Å². The summed E-state index contributed by atoms with van der Waals surface area (Å²) in [5.41, 5.74) is 4.95. The van der Waals surface area contributed by atoms with Gasteiger partial charge in [0.2, 0.25) is 0 Å². The zero-order chi connectivity index (χ0) is 31.6. The molecule has 0 spiro atoms. The number of rotatable bonds is 0. The number of hydrogen-bond donors (Lipinski definition) is 2. The topological polar surface area (TPSA) is 137 Å². The molecule has 2 atom stereocenters. The van der Waals surface area contributed by atoms with Gasteiger partial charge in [-0.3, -0.25) is 19.4 Å².